The molecule has 9 heteroatoms. The zero-order chi connectivity index (χ0) is 20.7. The van der Waals surface area contributed by atoms with Crippen molar-refractivity contribution >= 4 is 29.3 Å². The number of hydrogen-bond donors (Lipinski definition) is 2. The summed E-state index contributed by atoms with van der Waals surface area (Å²) in [6.45, 7) is 4.13. The monoisotopic (exact) mass is 405 g/mol. The molecule has 0 radical (unpaired) electrons. The minimum Gasteiger partial charge on any atom is -0.267 e. The van der Waals surface area contributed by atoms with Gasteiger partial charge in [0.1, 0.15) is 5.82 Å². The van der Waals surface area contributed by atoms with Crippen molar-refractivity contribution in [3.8, 4) is 0 Å². The molecule has 0 aromatic heterocycles. The molecule has 0 unspecified atom stereocenters. The second-order valence-electron chi connectivity index (χ2n) is 6.36. The quantitative estimate of drug-likeness (QED) is 0.413. The fraction of sp³-hybridized carbons (Fsp3) is 0.263. The molecule has 0 fully saturated rings. The summed E-state index contributed by atoms with van der Waals surface area (Å²) in [5, 5.41) is 11.3. The number of amides is 2. The van der Waals surface area contributed by atoms with Crippen molar-refractivity contribution in [3.05, 3.63) is 69.5 Å². The summed E-state index contributed by atoms with van der Waals surface area (Å²) in [5.41, 5.74) is 3.83. The lowest BCUT2D eigenvalue weighted by molar-refractivity contribution is -0.387. The summed E-state index contributed by atoms with van der Waals surface area (Å²) in [7, 11) is 0. The molecular weight excluding hydrogens is 385 g/mol. The summed E-state index contributed by atoms with van der Waals surface area (Å²) in [6, 6.07) is 9.42. The van der Waals surface area contributed by atoms with Gasteiger partial charge in [-0.2, -0.15) is 0 Å². The Morgan fingerprint density at radius 1 is 1.14 bits per heavy atom. The highest BCUT2D eigenvalue weighted by atomic mass is 32.2. The van der Waals surface area contributed by atoms with Gasteiger partial charge in [-0.25, -0.2) is 4.39 Å². The van der Waals surface area contributed by atoms with Gasteiger partial charge in [0.25, 0.3) is 17.5 Å². The largest absolute Gasteiger partial charge is 0.283 e. The van der Waals surface area contributed by atoms with Gasteiger partial charge in [-0.05, 0) is 42.4 Å². The van der Waals surface area contributed by atoms with Crippen LogP contribution in [-0.2, 0) is 0 Å². The number of hydrogen-bond acceptors (Lipinski definition) is 5. The molecule has 0 spiro atoms. The summed E-state index contributed by atoms with van der Waals surface area (Å²) in [4.78, 5) is 35.4. The van der Waals surface area contributed by atoms with Crippen LogP contribution in [0.2, 0.25) is 0 Å². The van der Waals surface area contributed by atoms with E-state index in [4.69, 9.17) is 0 Å². The van der Waals surface area contributed by atoms with Gasteiger partial charge >= 0.3 is 0 Å². The minimum absolute atomic E-state index is 0.00810. The second-order valence-corrected chi connectivity index (χ2v) is 7.50. The van der Waals surface area contributed by atoms with Gasteiger partial charge in [-0.3, -0.25) is 30.6 Å². The highest BCUT2D eigenvalue weighted by Crippen LogP contribution is 2.31. The average Bonchev–Trinajstić information content (AvgIpc) is 2.66. The number of halogens is 1. The molecule has 148 valence electrons. The van der Waals surface area contributed by atoms with Crippen LogP contribution >= 0.6 is 11.8 Å². The third kappa shape index (κ3) is 5.78. The molecule has 0 aliphatic carbocycles. The first-order valence-electron chi connectivity index (χ1n) is 8.56. The summed E-state index contributed by atoms with van der Waals surface area (Å²) < 4.78 is 13.6. The molecule has 7 nitrogen and oxygen atoms in total. The number of nitro groups is 1. The Morgan fingerprint density at radius 3 is 2.46 bits per heavy atom. The fourth-order valence-electron chi connectivity index (χ4n) is 2.23. The lowest BCUT2D eigenvalue weighted by Crippen LogP contribution is -2.41. The van der Waals surface area contributed by atoms with Gasteiger partial charge in [0.05, 0.1) is 15.4 Å². The maximum absolute atomic E-state index is 13.6. The highest BCUT2D eigenvalue weighted by molar-refractivity contribution is 7.99. The number of thioether (sulfide) groups is 1. The molecule has 0 aliphatic rings. The molecule has 2 amide bonds. The third-order valence-corrected chi connectivity index (χ3v) is 4.87. The van der Waals surface area contributed by atoms with Gasteiger partial charge in [-0.15, -0.1) is 11.8 Å². The Labute approximate surface area is 165 Å². The van der Waals surface area contributed by atoms with E-state index < -0.39 is 22.6 Å². The van der Waals surface area contributed by atoms with Crippen LogP contribution in [0.25, 0.3) is 0 Å². The molecule has 28 heavy (non-hydrogen) atoms. The minimum atomic E-state index is -0.832. The van der Waals surface area contributed by atoms with Crippen molar-refractivity contribution in [2.75, 3.05) is 5.75 Å². The molecule has 0 saturated carbocycles. The van der Waals surface area contributed by atoms with Crippen LogP contribution in [-0.4, -0.2) is 22.5 Å². The van der Waals surface area contributed by atoms with Gasteiger partial charge in [0.15, 0.2) is 0 Å². The lowest BCUT2D eigenvalue weighted by atomic mass is 10.2. The zero-order valence-electron chi connectivity index (χ0n) is 15.4. The van der Waals surface area contributed by atoms with Crippen LogP contribution in [0.5, 0.6) is 0 Å². The van der Waals surface area contributed by atoms with E-state index in [1.165, 1.54) is 42.1 Å². The Bertz CT molecular complexity index is 889. The zero-order valence-corrected chi connectivity index (χ0v) is 16.2. The van der Waals surface area contributed by atoms with Gasteiger partial charge in [0.2, 0.25) is 0 Å². The van der Waals surface area contributed by atoms with Crippen LogP contribution in [0.4, 0.5) is 10.1 Å². The molecule has 2 aromatic rings. The molecular formula is C19H20FN3O4S. The smallest absolute Gasteiger partial charge is 0.267 e. The number of nitrogens with zero attached hydrogens (tertiary/aromatic N) is 1. The normalized spacial score (nSPS) is 10.6. The van der Waals surface area contributed by atoms with E-state index in [-0.39, 0.29) is 16.8 Å². The van der Waals surface area contributed by atoms with E-state index in [1.54, 1.807) is 0 Å². The number of carbonyl (C=O) groups is 2. The molecule has 0 atom stereocenters. The van der Waals surface area contributed by atoms with Crippen molar-refractivity contribution in [2.24, 2.45) is 5.92 Å². The van der Waals surface area contributed by atoms with Gasteiger partial charge < -0.3 is 0 Å². The number of hydrazine groups is 1. The fourth-order valence-corrected chi connectivity index (χ4v) is 3.48. The maximum Gasteiger partial charge on any atom is 0.283 e. The van der Waals surface area contributed by atoms with Gasteiger partial charge in [-0.1, -0.05) is 26.0 Å². The number of benzene rings is 2. The van der Waals surface area contributed by atoms with E-state index >= 15 is 0 Å². The Balaban J connectivity index is 2.06. The van der Waals surface area contributed by atoms with Crippen LogP contribution < -0.4 is 10.9 Å². The number of carbonyl (C=O) groups excluding carboxylic acids is 2. The lowest BCUT2D eigenvalue weighted by Gasteiger charge is -2.09. The van der Waals surface area contributed by atoms with E-state index in [9.17, 15) is 24.1 Å². The highest BCUT2D eigenvalue weighted by Gasteiger charge is 2.19. The van der Waals surface area contributed by atoms with E-state index in [0.29, 0.717) is 10.8 Å². The van der Waals surface area contributed by atoms with Crippen molar-refractivity contribution in [1.82, 2.24) is 10.9 Å². The first kappa shape index (κ1) is 21.4. The predicted molar refractivity (Wildman–Crippen MR) is 105 cm³/mol. The molecule has 2 aromatic carbocycles. The van der Waals surface area contributed by atoms with E-state index in [1.807, 2.05) is 0 Å². The van der Waals surface area contributed by atoms with Crippen LogP contribution in [0.15, 0.2) is 47.4 Å². The molecule has 0 saturated heterocycles. The Kier molecular flexibility index (Phi) is 7.51. The number of rotatable bonds is 7. The Morgan fingerprint density at radius 2 is 1.82 bits per heavy atom. The molecule has 0 bridgehead atoms. The van der Waals surface area contributed by atoms with Crippen molar-refractivity contribution in [2.45, 2.75) is 25.2 Å². The second kappa shape index (κ2) is 9.84. The van der Waals surface area contributed by atoms with Crippen molar-refractivity contribution in [1.29, 1.82) is 0 Å². The maximum atomic E-state index is 13.6. The average molecular weight is 405 g/mol. The standard InChI is InChI=1S/C19H20FN3O4S/c1-12(2)9-10-28-17-8-7-13(11-16(17)23(26)27)18(24)21-22-19(25)14-5-3-4-6-15(14)20/h3-8,11-12H,9-10H2,1-2H3,(H,21,24)(H,22,25). The van der Waals surface area contributed by atoms with Crippen molar-refractivity contribution in [3.63, 3.8) is 0 Å². The summed E-state index contributed by atoms with van der Waals surface area (Å²) >= 11 is 1.36. The third-order valence-electron chi connectivity index (χ3n) is 3.78. The summed E-state index contributed by atoms with van der Waals surface area (Å²) in [5.74, 6) is -1.10. The molecule has 0 heterocycles. The van der Waals surface area contributed by atoms with E-state index in [0.717, 1.165) is 24.3 Å². The first-order valence-corrected chi connectivity index (χ1v) is 9.54. The van der Waals surface area contributed by atoms with Crippen LogP contribution in [0, 0.1) is 21.8 Å². The first-order chi connectivity index (χ1) is 13.3. The van der Waals surface area contributed by atoms with Crippen molar-refractivity contribution < 1.29 is 18.9 Å². The summed E-state index contributed by atoms with van der Waals surface area (Å²) in [6.07, 6.45) is 0.909. The predicted octanol–water partition coefficient (Wildman–Crippen LogP) is 3.95. The Hall–Kier alpha value is -2.94. The number of nitrogens with one attached hydrogen (secondary N) is 2. The van der Waals surface area contributed by atoms with Gasteiger partial charge in [0, 0.05) is 11.6 Å². The molecule has 2 rings (SSSR count). The topological polar surface area (TPSA) is 101 Å². The van der Waals surface area contributed by atoms with E-state index in [2.05, 4.69) is 24.7 Å². The van der Waals surface area contributed by atoms with Crippen LogP contribution in [0.3, 0.4) is 0 Å². The molecule has 2 N–H and O–H groups in total. The molecule has 0 aliphatic heterocycles. The van der Waals surface area contributed by atoms with Crippen LogP contribution in [0.1, 0.15) is 41.0 Å². The number of nitro benzene ring substituents is 1. The SMILES string of the molecule is CC(C)CCSc1ccc(C(=O)NNC(=O)c2ccccc2F)cc1[N+](=O)[O-].